The zero-order valence-corrected chi connectivity index (χ0v) is 44.1. The lowest BCUT2D eigenvalue weighted by molar-refractivity contribution is -0.870. The lowest BCUT2D eigenvalue weighted by atomic mass is 10.1. The molecule has 0 aliphatic heterocycles. The molecule has 0 aromatic heterocycles. The van der Waals surface area contributed by atoms with Gasteiger partial charge in [0.15, 0.2) is 12.4 Å². The first-order valence-electron chi connectivity index (χ1n) is 26.7. The van der Waals surface area contributed by atoms with Gasteiger partial charge < -0.3 is 33.3 Å². The van der Waals surface area contributed by atoms with E-state index in [0.717, 1.165) is 116 Å². The van der Waals surface area contributed by atoms with Gasteiger partial charge in [-0.15, -0.1) is 0 Å². The van der Waals surface area contributed by atoms with Crippen molar-refractivity contribution in [3.8, 4) is 0 Å². The molecule has 2 unspecified atom stereocenters. The minimum atomic E-state index is -1.64. The molecule has 0 aromatic carbocycles. The molecule has 0 aliphatic carbocycles. The Labute approximate surface area is 421 Å². The van der Waals surface area contributed by atoms with E-state index in [1.165, 1.54) is 25.7 Å². The standard InChI is InChI=1S/C60H97NO8/c1-6-8-10-12-14-16-18-20-22-23-24-25-26-27-28-29-30-31-32-33-34-35-37-39-41-43-45-47-49-51-58(63)69-56(55-68-60(59(64)65)66-53-52-61(3,4)5)54-67-57(62)50-48-46-44-42-40-38-36-21-19-17-15-13-11-9-7-2/h8,10,14-17,20-22,24-25,27-28,30-31,33-34,36-37,39,56,60H,6-7,9,11-13,18-19,23,26,29,32,35,38,40-55H2,1-5H3/b10-8-,16-14-,17-15-,22-20-,25-24-,28-27-,31-30-,34-33-,36-21-,39-37-. The minimum Gasteiger partial charge on any atom is -0.545 e. The second-order valence-corrected chi connectivity index (χ2v) is 18.4. The number of allylic oxidation sites excluding steroid dienone is 20. The molecule has 0 aliphatic rings. The monoisotopic (exact) mass is 960 g/mol. The third kappa shape index (κ3) is 51.4. The maximum atomic E-state index is 12.8. The molecule has 69 heavy (non-hydrogen) atoms. The van der Waals surface area contributed by atoms with Crippen molar-refractivity contribution in [3.05, 3.63) is 122 Å². The van der Waals surface area contributed by atoms with Crippen molar-refractivity contribution in [2.75, 3.05) is 47.5 Å². The summed E-state index contributed by atoms with van der Waals surface area (Å²) in [5.41, 5.74) is 0. The van der Waals surface area contributed by atoms with Gasteiger partial charge >= 0.3 is 11.9 Å². The van der Waals surface area contributed by atoms with Gasteiger partial charge in [-0.05, 0) is 109 Å². The van der Waals surface area contributed by atoms with Gasteiger partial charge in [0.2, 0.25) is 0 Å². The number of hydrogen-bond donors (Lipinski definition) is 0. The van der Waals surface area contributed by atoms with Gasteiger partial charge in [0, 0.05) is 12.8 Å². The molecule has 0 radical (unpaired) electrons. The molecule has 390 valence electrons. The Morgan fingerprint density at radius 3 is 1.23 bits per heavy atom. The van der Waals surface area contributed by atoms with Crippen molar-refractivity contribution < 1.29 is 42.9 Å². The summed E-state index contributed by atoms with van der Waals surface area (Å²) < 4.78 is 22.6. The first-order valence-corrected chi connectivity index (χ1v) is 26.7. The summed E-state index contributed by atoms with van der Waals surface area (Å²) in [5, 5.41) is 11.7. The Bertz CT molecular complexity index is 1540. The van der Waals surface area contributed by atoms with Crippen LogP contribution in [0.3, 0.4) is 0 Å². The number of carbonyl (C=O) groups excluding carboxylic acids is 3. The fraction of sp³-hybridized carbons (Fsp3) is 0.617. The molecule has 0 saturated heterocycles. The summed E-state index contributed by atoms with van der Waals surface area (Å²) in [6, 6.07) is 0. The number of rotatable bonds is 47. The van der Waals surface area contributed by atoms with Crippen molar-refractivity contribution in [2.24, 2.45) is 0 Å². The number of unbranched alkanes of at least 4 members (excludes halogenated alkanes) is 12. The maximum Gasteiger partial charge on any atom is 0.306 e. The van der Waals surface area contributed by atoms with E-state index in [9.17, 15) is 19.5 Å². The predicted molar refractivity (Wildman–Crippen MR) is 287 cm³/mol. The maximum absolute atomic E-state index is 12.8. The summed E-state index contributed by atoms with van der Waals surface area (Å²) in [4.78, 5) is 37.2. The smallest absolute Gasteiger partial charge is 0.306 e. The van der Waals surface area contributed by atoms with Gasteiger partial charge in [-0.1, -0.05) is 180 Å². The van der Waals surface area contributed by atoms with Crippen molar-refractivity contribution in [3.63, 3.8) is 0 Å². The zero-order chi connectivity index (χ0) is 50.6. The van der Waals surface area contributed by atoms with Gasteiger partial charge in [-0.25, -0.2) is 0 Å². The molecule has 0 N–H and O–H groups in total. The van der Waals surface area contributed by atoms with E-state index < -0.39 is 24.3 Å². The Hall–Kier alpha value is -4.31. The van der Waals surface area contributed by atoms with Crippen LogP contribution >= 0.6 is 0 Å². The van der Waals surface area contributed by atoms with Crippen molar-refractivity contribution in [1.29, 1.82) is 0 Å². The molecule has 0 amide bonds. The van der Waals surface area contributed by atoms with Gasteiger partial charge in [-0.3, -0.25) is 9.59 Å². The SMILES string of the molecule is CC/C=C\C/C=C\C/C=C\C/C=C\C/C=C\C/C=C\C/C=C\C/C=C\CCCCCCC(=O)OC(COC(=O)CCCCCCC/C=C\C/C=C\CCCCC)COC(OCC[N+](C)(C)C)C(=O)[O-]. The number of aliphatic carboxylic acids is 1. The number of quaternary nitrogens is 1. The number of likely N-dealkylation sites (N-methyl/N-ethyl adjacent to an activating group) is 1. The van der Waals surface area contributed by atoms with Gasteiger partial charge in [0.05, 0.1) is 40.3 Å². The van der Waals surface area contributed by atoms with Gasteiger partial charge in [-0.2, -0.15) is 0 Å². The lowest BCUT2D eigenvalue weighted by Crippen LogP contribution is -2.44. The van der Waals surface area contributed by atoms with Crippen LogP contribution in [0.15, 0.2) is 122 Å². The summed E-state index contributed by atoms with van der Waals surface area (Å²) in [7, 11) is 5.89. The number of carboxylic acid groups (broad SMARTS) is 1. The van der Waals surface area contributed by atoms with E-state index in [-0.39, 0.29) is 38.6 Å². The average molecular weight is 960 g/mol. The van der Waals surface area contributed by atoms with E-state index in [0.29, 0.717) is 23.9 Å². The fourth-order valence-corrected chi connectivity index (χ4v) is 6.58. The quantitative estimate of drug-likeness (QED) is 0.0195. The molecule has 0 rings (SSSR count). The van der Waals surface area contributed by atoms with E-state index in [4.69, 9.17) is 18.9 Å². The second kappa shape index (κ2) is 50.1. The van der Waals surface area contributed by atoms with E-state index in [1.807, 2.05) is 21.1 Å². The Morgan fingerprint density at radius 2 is 0.826 bits per heavy atom. The first-order chi connectivity index (χ1) is 33.6. The van der Waals surface area contributed by atoms with Gasteiger partial charge in [0.25, 0.3) is 0 Å². The highest BCUT2D eigenvalue weighted by molar-refractivity contribution is 5.70. The third-order valence-corrected chi connectivity index (χ3v) is 10.7. The van der Waals surface area contributed by atoms with Gasteiger partial charge in [0.1, 0.15) is 13.2 Å². The number of esters is 2. The fourth-order valence-electron chi connectivity index (χ4n) is 6.58. The van der Waals surface area contributed by atoms with E-state index in [2.05, 4.69) is 135 Å². The van der Waals surface area contributed by atoms with Crippen LogP contribution in [0, 0.1) is 0 Å². The van der Waals surface area contributed by atoms with Crippen LogP contribution in [-0.2, 0) is 33.3 Å². The van der Waals surface area contributed by atoms with Crippen molar-refractivity contribution in [1.82, 2.24) is 0 Å². The molecule has 9 nitrogen and oxygen atoms in total. The van der Waals surface area contributed by atoms with Crippen LogP contribution in [-0.4, -0.2) is 82.3 Å². The number of nitrogens with zero attached hydrogens (tertiary/aromatic N) is 1. The molecule has 0 spiro atoms. The molecule has 0 saturated carbocycles. The second-order valence-electron chi connectivity index (χ2n) is 18.4. The molecule has 2 atom stereocenters. The lowest BCUT2D eigenvalue weighted by Gasteiger charge is -2.26. The zero-order valence-electron chi connectivity index (χ0n) is 44.1. The molecule has 0 bridgehead atoms. The predicted octanol–water partition coefficient (Wildman–Crippen LogP) is 14.0. The largest absolute Gasteiger partial charge is 0.545 e. The van der Waals surface area contributed by atoms with Crippen LogP contribution in [0.2, 0.25) is 0 Å². The molecular weight excluding hydrogens is 863 g/mol. The number of carboxylic acids is 1. The third-order valence-electron chi connectivity index (χ3n) is 10.7. The molecule has 0 fully saturated rings. The van der Waals surface area contributed by atoms with Crippen LogP contribution in [0.4, 0.5) is 0 Å². The minimum absolute atomic E-state index is 0.133. The van der Waals surface area contributed by atoms with Crippen LogP contribution in [0.25, 0.3) is 0 Å². The number of ether oxygens (including phenoxy) is 4. The van der Waals surface area contributed by atoms with Crippen LogP contribution in [0.1, 0.15) is 181 Å². The summed E-state index contributed by atoms with van der Waals surface area (Å²) >= 11 is 0. The Morgan fingerprint density at radius 1 is 0.449 bits per heavy atom. The summed E-state index contributed by atoms with van der Waals surface area (Å²) in [6.45, 7) is 4.53. The molecule has 0 heterocycles. The number of carbonyl (C=O) groups is 3. The highest BCUT2D eigenvalue weighted by Gasteiger charge is 2.21. The highest BCUT2D eigenvalue weighted by Crippen LogP contribution is 2.12. The molecular formula is C60H97NO8. The topological polar surface area (TPSA) is 111 Å². The van der Waals surface area contributed by atoms with E-state index in [1.54, 1.807) is 0 Å². The highest BCUT2D eigenvalue weighted by atomic mass is 16.7. The molecule has 9 heteroatoms. The first kappa shape index (κ1) is 64.7. The summed E-state index contributed by atoms with van der Waals surface area (Å²) in [6.07, 6.45) is 66.6. The summed E-state index contributed by atoms with van der Waals surface area (Å²) in [5.74, 6) is -2.36. The normalized spacial score (nSPS) is 13.8. The van der Waals surface area contributed by atoms with Crippen molar-refractivity contribution in [2.45, 2.75) is 193 Å². The number of hydrogen-bond acceptors (Lipinski definition) is 8. The molecule has 0 aromatic rings. The average Bonchev–Trinajstić information content (AvgIpc) is 3.31. The Kier molecular flexibility index (Phi) is 47.0. The van der Waals surface area contributed by atoms with E-state index >= 15 is 0 Å². The Balaban J connectivity index is 4.40. The van der Waals surface area contributed by atoms with Crippen molar-refractivity contribution >= 4 is 17.9 Å². The van der Waals surface area contributed by atoms with Crippen LogP contribution in [0.5, 0.6) is 0 Å². The van der Waals surface area contributed by atoms with Crippen LogP contribution < -0.4 is 5.11 Å².